The molecule has 1 aromatic rings. The number of amides is 3. The lowest BCUT2D eigenvalue weighted by atomic mass is 10.1. The van der Waals surface area contributed by atoms with Crippen LogP contribution in [0.5, 0.6) is 0 Å². The Balaban J connectivity index is 1.89. The molecule has 27 heavy (non-hydrogen) atoms. The van der Waals surface area contributed by atoms with E-state index in [1.54, 1.807) is 0 Å². The molecular formula is C21H34N4O2. The molecule has 0 spiro atoms. The topological polar surface area (TPSA) is 73.5 Å². The van der Waals surface area contributed by atoms with E-state index < -0.39 is 0 Å². The van der Waals surface area contributed by atoms with Crippen LogP contribution in [0.25, 0.3) is 0 Å². The number of nitrogens with zero attached hydrogens (tertiary/aromatic N) is 1. The first-order valence-electron chi connectivity index (χ1n) is 10.2. The first kappa shape index (κ1) is 21.2. The molecular weight excluding hydrogens is 340 g/mol. The molecule has 6 heteroatoms. The van der Waals surface area contributed by atoms with Crippen molar-refractivity contribution in [1.29, 1.82) is 0 Å². The summed E-state index contributed by atoms with van der Waals surface area (Å²) in [5.74, 6) is -0.0214. The smallest absolute Gasteiger partial charge is 0.321 e. The molecule has 0 aliphatic carbocycles. The van der Waals surface area contributed by atoms with Crippen molar-refractivity contribution in [3.8, 4) is 0 Å². The Bertz CT molecular complexity index is 593. The van der Waals surface area contributed by atoms with Gasteiger partial charge in [-0.25, -0.2) is 4.79 Å². The third-order valence-electron chi connectivity index (χ3n) is 4.73. The SMILES string of the molecule is CCC[C@@H](NC(C)C)C(=O)Nc1ccc(NC(=O)N2CCCCCC2)cc1. The zero-order chi connectivity index (χ0) is 19.6. The molecule has 1 aliphatic heterocycles. The molecule has 2 rings (SSSR count). The first-order valence-corrected chi connectivity index (χ1v) is 10.2. The Labute approximate surface area is 163 Å². The van der Waals surface area contributed by atoms with Crippen LogP contribution in [0.15, 0.2) is 24.3 Å². The van der Waals surface area contributed by atoms with Crippen molar-refractivity contribution in [3.63, 3.8) is 0 Å². The van der Waals surface area contributed by atoms with Crippen LogP contribution >= 0.6 is 0 Å². The molecule has 0 unspecified atom stereocenters. The van der Waals surface area contributed by atoms with Gasteiger partial charge in [-0.3, -0.25) is 4.79 Å². The number of nitrogens with one attached hydrogen (secondary N) is 3. The van der Waals surface area contributed by atoms with E-state index in [-0.39, 0.29) is 24.0 Å². The summed E-state index contributed by atoms with van der Waals surface area (Å²) in [5, 5.41) is 9.22. The molecule has 0 saturated carbocycles. The number of anilines is 2. The molecule has 1 aliphatic rings. The molecule has 3 amide bonds. The van der Waals surface area contributed by atoms with E-state index in [1.165, 1.54) is 12.8 Å². The van der Waals surface area contributed by atoms with Crippen LogP contribution < -0.4 is 16.0 Å². The van der Waals surface area contributed by atoms with Crippen LogP contribution in [-0.2, 0) is 4.79 Å². The molecule has 1 aromatic carbocycles. The van der Waals surface area contributed by atoms with E-state index in [9.17, 15) is 9.59 Å². The van der Waals surface area contributed by atoms with E-state index in [4.69, 9.17) is 0 Å². The lowest BCUT2D eigenvalue weighted by molar-refractivity contribution is -0.118. The molecule has 1 atom stereocenters. The average Bonchev–Trinajstić information content (AvgIpc) is 2.92. The Kier molecular flexibility index (Phi) is 8.58. The summed E-state index contributed by atoms with van der Waals surface area (Å²) in [6.45, 7) is 7.79. The zero-order valence-corrected chi connectivity index (χ0v) is 16.9. The van der Waals surface area contributed by atoms with Gasteiger partial charge in [-0.1, -0.05) is 40.0 Å². The van der Waals surface area contributed by atoms with Crippen molar-refractivity contribution in [2.24, 2.45) is 0 Å². The predicted octanol–water partition coefficient (Wildman–Crippen LogP) is 4.20. The largest absolute Gasteiger partial charge is 0.325 e. The Morgan fingerprint density at radius 1 is 0.963 bits per heavy atom. The van der Waals surface area contributed by atoms with Gasteiger partial charge < -0.3 is 20.9 Å². The summed E-state index contributed by atoms with van der Waals surface area (Å²) >= 11 is 0. The Hall–Kier alpha value is -2.08. The van der Waals surface area contributed by atoms with Crippen LogP contribution in [0, 0.1) is 0 Å². The zero-order valence-electron chi connectivity index (χ0n) is 16.9. The predicted molar refractivity (Wildman–Crippen MR) is 111 cm³/mol. The Morgan fingerprint density at radius 2 is 1.52 bits per heavy atom. The summed E-state index contributed by atoms with van der Waals surface area (Å²) < 4.78 is 0. The van der Waals surface area contributed by atoms with Crippen LogP contribution in [0.2, 0.25) is 0 Å². The van der Waals surface area contributed by atoms with E-state index in [0.717, 1.165) is 50.1 Å². The van der Waals surface area contributed by atoms with Gasteiger partial charge in [0.15, 0.2) is 0 Å². The molecule has 1 heterocycles. The maximum absolute atomic E-state index is 12.5. The van der Waals surface area contributed by atoms with Crippen molar-refractivity contribution >= 4 is 23.3 Å². The maximum Gasteiger partial charge on any atom is 0.321 e. The van der Waals surface area contributed by atoms with Crippen LogP contribution in [0.1, 0.15) is 59.3 Å². The highest BCUT2D eigenvalue weighted by Gasteiger charge is 2.18. The maximum atomic E-state index is 12.5. The van der Waals surface area contributed by atoms with E-state index in [1.807, 2.05) is 43.0 Å². The molecule has 6 nitrogen and oxygen atoms in total. The van der Waals surface area contributed by atoms with Crippen LogP contribution in [0.3, 0.4) is 0 Å². The van der Waals surface area contributed by atoms with E-state index >= 15 is 0 Å². The van der Waals surface area contributed by atoms with Crippen molar-refractivity contribution < 1.29 is 9.59 Å². The second-order valence-corrected chi connectivity index (χ2v) is 7.56. The summed E-state index contributed by atoms with van der Waals surface area (Å²) in [7, 11) is 0. The number of carbonyl (C=O) groups is 2. The highest BCUT2D eigenvalue weighted by atomic mass is 16.2. The number of likely N-dealkylation sites (tertiary alicyclic amines) is 1. The summed E-state index contributed by atoms with van der Waals surface area (Å²) in [6, 6.07) is 7.33. The number of rotatable bonds is 7. The van der Waals surface area contributed by atoms with Crippen molar-refractivity contribution in [2.45, 2.75) is 71.4 Å². The summed E-state index contributed by atoms with van der Waals surface area (Å²) in [6.07, 6.45) is 6.28. The fraction of sp³-hybridized carbons (Fsp3) is 0.619. The quantitative estimate of drug-likeness (QED) is 0.670. The minimum atomic E-state index is -0.197. The third kappa shape index (κ3) is 7.21. The minimum absolute atomic E-state index is 0.0214. The van der Waals surface area contributed by atoms with Crippen molar-refractivity contribution in [1.82, 2.24) is 10.2 Å². The van der Waals surface area contributed by atoms with E-state index in [0.29, 0.717) is 0 Å². The van der Waals surface area contributed by atoms with Gasteiger partial charge in [0.25, 0.3) is 0 Å². The highest BCUT2D eigenvalue weighted by Crippen LogP contribution is 2.16. The van der Waals surface area contributed by atoms with Crippen LogP contribution in [-0.4, -0.2) is 42.0 Å². The van der Waals surface area contributed by atoms with Gasteiger partial charge in [-0.05, 0) is 43.5 Å². The first-order chi connectivity index (χ1) is 13.0. The lowest BCUT2D eigenvalue weighted by Crippen LogP contribution is -2.43. The number of urea groups is 1. The van der Waals surface area contributed by atoms with Crippen molar-refractivity contribution in [2.75, 3.05) is 23.7 Å². The average molecular weight is 375 g/mol. The number of hydrogen-bond donors (Lipinski definition) is 3. The molecule has 0 radical (unpaired) electrons. The van der Waals surface area contributed by atoms with Crippen molar-refractivity contribution in [3.05, 3.63) is 24.3 Å². The fourth-order valence-electron chi connectivity index (χ4n) is 3.32. The molecule has 0 bridgehead atoms. The Morgan fingerprint density at radius 3 is 2.04 bits per heavy atom. The monoisotopic (exact) mass is 374 g/mol. The second-order valence-electron chi connectivity index (χ2n) is 7.56. The summed E-state index contributed by atoms with van der Waals surface area (Å²) in [5.41, 5.74) is 1.48. The van der Waals surface area contributed by atoms with Crippen LogP contribution in [0.4, 0.5) is 16.2 Å². The number of hydrogen-bond acceptors (Lipinski definition) is 3. The number of carbonyl (C=O) groups excluding carboxylic acids is 2. The summed E-state index contributed by atoms with van der Waals surface area (Å²) in [4.78, 5) is 26.8. The van der Waals surface area contributed by atoms with Gasteiger partial charge in [-0.15, -0.1) is 0 Å². The molecule has 150 valence electrons. The van der Waals surface area contributed by atoms with Gasteiger partial charge in [0.2, 0.25) is 5.91 Å². The van der Waals surface area contributed by atoms with E-state index in [2.05, 4.69) is 22.9 Å². The van der Waals surface area contributed by atoms with Gasteiger partial charge in [0.05, 0.1) is 6.04 Å². The second kappa shape index (κ2) is 10.9. The molecule has 1 saturated heterocycles. The standard InChI is InChI=1S/C21H34N4O2/c1-4-9-19(22-16(2)3)20(26)23-17-10-12-18(13-11-17)24-21(27)25-14-7-5-6-8-15-25/h10-13,16,19,22H,4-9,14-15H2,1-3H3,(H,23,26)(H,24,27)/t19-/m1/s1. The van der Waals surface area contributed by atoms with Gasteiger partial charge in [0.1, 0.15) is 0 Å². The third-order valence-corrected chi connectivity index (χ3v) is 4.73. The molecule has 0 aromatic heterocycles. The van der Waals surface area contributed by atoms with Gasteiger partial charge in [-0.2, -0.15) is 0 Å². The normalized spacial score (nSPS) is 15.9. The lowest BCUT2D eigenvalue weighted by Gasteiger charge is -2.21. The minimum Gasteiger partial charge on any atom is -0.325 e. The van der Waals surface area contributed by atoms with Gasteiger partial charge in [0, 0.05) is 30.5 Å². The number of benzene rings is 1. The molecule has 1 fully saturated rings. The highest BCUT2D eigenvalue weighted by molar-refractivity contribution is 5.95. The molecule has 3 N–H and O–H groups in total. The fourth-order valence-corrected chi connectivity index (χ4v) is 3.32. The van der Waals surface area contributed by atoms with Gasteiger partial charge >= 0.3 is 6.03 Å².